The van der Waals surface area contributed by atoms with E-state index in [0.717, 1.165) is 5.75 Å². The lowest BCUT2D eigenvalue weighted by molar-refractivity contribution is -0.121. The van der Waals surface area contributed by atoms with Crippen LogP contribution in [0.3, 0.4) is 0 Å². The normalized spacial score (nSPS) is 19.3. The van der Waals surface area contributed by atoms with E-state index in [2.05, 4.69) is 10.6 Å². The Morgan fingerprint density at radius 2 is 2.05 bits per heavy atom. The highest BCUT2D eigenvalue weighted by molar-refractivity contribution is 6.05. The monoisotopic (exact) mass is 289 g/mol. The first-order valence-corrected chi connectivity index (χ1v) is 6.62. The summed E-state index contributed by atoms with van der Waals surface area (Å²) >= 11 is 0. The summed E-state index contributed by atoms with van der Waals surface area (Å²) in [4.78, 5) is 25.7. The Bertz CT molecular complexity index is 564. The van der Waals surface area contributed by atoms with Crippen LogP contribution in [0.25, 0.3) is 0 Å². The third kappa shape index (κ3) is 3.75. The summed E-state index contributed by atoms with van der Waals surface area (Å²) in [6, 6.07) is 6.50. The second kappa shape index (κ2) is 6.30. The van der Waals surface area contributed by atoms with Gasteiger partial charge < -0.3 is 20.3 Å². The van der Waals surface area contributed by atoms with Crippen molar-refractivity contribution in [3.8, 4) is 5.75 Å². The number of nitrogens with one attached hydrogen (secondary N) is 2. The Morgan fingerprint density at radius 1 is 1.38 bits per heavy atom. The first-order valence-electron chi connectivity index (χ1n) is 6.62. The number of rotatable bonds is 4. The molecule has 0 aliphatic carbocycles. The van der Waals surface area contributed by atoms with E-state index in [0.29, 0.717) is 17.7 Å². The molecule has 0 aromatic heterocycles. The Morgan fingerprint density at radius 3 is 2.62 bits per heavy atom. The van der Waals surface area contributed by atoms with E-state index in [1.54, 1.807) is 42.5 Å². The molecule has 2 amide bonds. The Hall–Kier alpha value is -2.50. The minimum Gasteiger partial charge on any atom is -0.497 e. The summed E-state index contributed by atoms with van der Waals surface area (Å²) in [7, 11) is 5.26. The summed E-state index contributed by atoms with van der Waals surface area (Å²) in [6.45, 7) is 0. The molecular formula is C15H19N3O3. The van der Waals surface area contributed by atoms with E-state index in [1.807, 2.05) is 14.1 Å². The Balaban J connectivity index is 1.99. The summed E-state index contributed by atoms with van der Waals surface area (Å²) in [5, 5.41) is 5.46. The van der Waals surface area contributed by atoms with Gasteiger partial charge in [-0.05, 0) is 24.3 Å². The lowest BCUT2D eigenvalue weighted by Gasteiger charge is -2.11. The molecule has 6 heteroatoms. The third-order valence-corrected chi connectivity index (χ3v) is 3.11. The quantitative estimate of drug-likeness (QED) is 0.810. The number of hydrogen-bond donors (Lipinski definition) is 2. The molecule has 1 aliphatic rings. The summed E-state index contributed by atoms with van der Waals surface area (Å²) in [5.41, 5.74) is 1.27. The molecule has 1 aliphatic heterocycles. The molecule has 2 N–H and O–H groups in total. The van der Waals surface area contributed by atoms with Crippen molar-refractivity contribution in [1.29, 1.82) is 0 Å². The predicted molar refractivity (Wildman–Crippen MR) is 79.9 cm³/mol. The lowest BCUT2D eigenvalue weighted by Crippen LogP contribution is -2.37. The highest BCUT2D eigenvalue weighted by atomic mass is 16.5. The highest BCUT2D eigenvalue weighted by Crippen LogP contribution is 2.18. The van der Waals surface area contributed by atoms with Gasteiger partial charge in [0.2, 0.25) is 11.8 Å². The molecule has 6 nitrogen and oxygen atoms in total. The fourth-order valence-electron chi connectivity index (χ4n) is 2.10. The number of hydrogen-bond acceptors (Lipinski definition) is 4. The number of amides is 2. The molecule has 1 aromatic carbocycles. The van der Waals surface area contributed by atoms with Gasteiger partial charge in [-0.2, -0.15) is 0 Å². The summed E-state index contributed by atoms with van der Waals surface area (Å²) in [6.07, 6.45) is 2.12. The third-order valence-electron chi connectivity index (χ3n) is 3.11. The van der Waals surface area contributed by atoms with Crippen LogP contribution < -0.4 is 15.4 Å². The van der Waals surface area contributed by atoms with Crippen LogP contribution in [-0.2, 0) is 9.59 Å². The zero-order valence-corrected chi connectivity index (χ0v) is 12.3. The molecule has 1 heterocycles. The number of nitrogens with zero attached hydrogens (tertiary/aromatic N) is 1. The fourth-order valence-corrected chi connectivity index (χ4v) is 2.10. The minimum absolute atomic E-state index is 0.196. The molecule has 2 rings (SSSR count). The maximum Gasteiger partial charge on any atom is 0.249 e. The van der Waals surface area contributed by atoms with E-state index in [1.165, 1.54) is 0 Å². The van der Waals surface area contributed by atoms with Gasteiger partial charge in [-0.1, -0.05) is 0 Å². The zero-order valence-electron chi connectivity index (χ0n) is 12.3. The van der Waals surface area contributed by atoms with E-state index >= 15 is 0 Å². The van der Waals surface area contributed by atoms with Gasteiger partial charge in [-0.25, -0.2) is 0 Å². The van der Waals surface area contributed by atoms with Gasteiger partial charge in [-0.15, -0.1) is 0 Å². The maximum atomic E-state index is 12.1. The second-order valence-corrected chi connectivity index (χ2v) is 5.07. The second-order valence-electron chi connectivity index (χ2n) is 5.07. The van der Waals surface area contributed by atoms with Crippen LogP contribution in [0.5, 0.6) is 5.75 Å². The predicted octanol–water partition coefficient (Wildman–Crippen LogP) is 0.968. The van der Waals surface area contributed by atoms with Crippen molar-refractivity contribution in [2.75, 3.05) is 26.5 Å². The van der Waals surface area contributed by atoms with Gasteiger partial charge in [0.05, 0.1) is 7.11 Å². The van der Waals surface area contributed by atoms with Crippen molar-refractivity contribution in [1.82, 2.24) is 10.2 Å². The topological polar surface area (TPSA) is 70.7 Å². The lowest BCUT2D eigenvalue weighted by atomic mass is 10.1. The standard InChI is InChI=1S/C15H19N3O3/c1-18(2)9-10-8-13(17-14(10)19)15(20)16-11-4-6-12(21-3)7-5-11/h4-7,9,13H,8H2,1-3H3,(H,16,20)(H,17,19)/b10-9-. The number of methoxy groups -OCH3 is 1. The van der Waals surface area contributed by atoms with Gasteiger partial charge in [0.15, 0.2) is 0 Å². The molecule has 0 radical (unpaired) electrons. The van der Waals surface area contributed by atoms with Crippen LogP contribution in [0, 0.1) is 0 Å². The van der Waals surface area contributed by atoms with Crippen molar-refractivity contribution in [3.63, 3.8) is 0 Å². The SMILES string of the molecule is COc1ccc(NC(=O)C2C/C(=C/N(C)C)C(=O)N2)cc1. The smallest absolute Gasteiger partial charge is 0.249 e. The van der Waals surface area contributed by atoms with Crippen molar-refractivity contribution in [3.05, 3.63) is 36.0 Å². The molecular weight excluding hydrogens is 270 g/mol. The van der Waals surface area contributed by atoms with E-state index in [-0.39, 0.29) is 11.8 Å². The average molecular weight is 289 g/mol. The van der Waals surface area contributed by atoms with Crippen LogP contribution in [0.15, 0.2) is 36.0 Å². The largest absolute Gasteiger partial charge is 0.497 e. The van der Waals surface area contributed by atoms with Crippen molar-refractivity contribution in [2.24, 2.45) is 0 Å². The molecule has 21 heavy (non-hydrogen) atoms. The van der Waals surface area contributed by atoms with E-state index in [4.69, 9.17) is 4.74 Å². The van der Waals surface area contributed by atoms with Crippen molar-refractivity contribution >= 4 is 17.5 Å². The molecule has 0 spiro atoms. The summed E-state index contributed by atoms with van der Waals surface area (Å²) in [5.74, 6) is 0.299. The first kappa shape index (κ1) is 14.9. The maximum absolute atomic E-state index is 12.1. The van der Waals surface area contributed by atoms with Gasteiger partial charge in [0, 0.05) is 38.0 Å². The fraction of sp³-hybridized carbons (Fsp3) is 0.333. The van der Waals surface area contributed by atoms with Crippen LogP contribution in [0.2, 0.25) is 0 Å². The van der Waals surface area contributed by atoms with Crippen LogP contribution in [0.4, 0.5) is 5.69 Å². The van der Waals surface area contributed by atoms with Gasteiger partial charge in [-0.3, -0.25) is 9.59 Å². The molecule has 1 fully saturated rings. The van der Waals surface area contributed by atoms with Crippen LogP contribution >= 0.6 is 0 Å². The van der Waals surface area contributed by atoms with Crippen LogP contribution in [-0.4, -0.2) is 44.0 Å². The molecule has 1 unspecified atom stereocenters. The number of ether oxygens (including phenoxy) is 1. The number of anilines is 1. The molecule has 0 saturated carbocycles. The van der Waals surface area contributed by atoms with E-state index < -0.39 is 6.04 Å². The van der Waals surface area contributed by atoms with Crippen molar-refractivity contribution < 1.29 is 14.3 Å². The van der Waals surface area contributed by atoms with Crippen molar-refractivity contribution in [2.45, 2.75) is 12.5 Å². The first-order chi connectivity index (χ1) is 9.99. The number of carbonyl (C=O) groups is 2. The Labute approximate surface area is 123 Å². The number of carbonyl (C=O) groups excluding carboxylic acids is 2. The molecule has 1 atom stereocenters. The molecule has 1 saturated heterocycles. The zero-order chi connectivity index (χ0) is 15.4. The van der Waals surface area contributed by atoms with Gasteiger partial charge >= 0.3 is 0 Å². The Kier molecular flexibility index (Phi) is 4.47. The molecule has 0 bridgehead atoms. The van der Waals surface area contributed by atoms with Gasteiger partial charge in [0.1, 0.15) is 11.8 Å². The highest BCUT2D eigenvalue weighted by Gasteiger charge is 2.31. The summed E-state index contributed by atoms with van der Waals surface area (Å²) < 4.78 is 5.06. The van der Waals surface area contributed by atoms with E-state index in [9.17, 15) is 9.59 Å². The number of benzene rings is 1. The van der Waals surface area contributed by atoms with Gasteiger partial charge in [0.25, 0.3) is 0 Å². The average Bonchev–Trinajstić information content (AvgIpc) is 2.80. The molecule has 112 valence electrons. The van der Waals surface area contributed by atoms with Crippen LogP contribution in [0.1, 0.15) is 6.42 Å². The molecule has 1 aromatic rings. The minimum atomic E-state index is -0.536.